The van der Waals surface area contributed by atoms with E-state index in [1.807, 2.05) is 4.90 Å². The van der Waals surface area contributed by atoms with Gasteiger partial charge < -0.3 is 4.90 Å². The molecule has 98 valence electrons. The summed E-state index contributed by atoms with van der Waals surface area (Å²) in [5, 5.41) is 0.561. The number of halogens is 1. The Morgan fingerprint density at radius 1 is 1.56 bits per heavy atom. The highest BCUT2D eigenvalue weighted by Crippen LogP contribution is 2.24. The van der Waals surface area contributed by atoms with Gasteiger partial charge in [0.25, 0.3) is 5.91 Å². The molecule has 4 heteroatoms. The Labute approximate surface area is 113 Å². The Morgan fingerprint density at radius 3 is 2.94 bits per heavy atom. The highest BCUT2D eigenvalue weighted by atomic mass is 35.5. The second-order valence-electron chi connectivity index (χ2n) is 5.40. The summed E-state index contributed by atoms with van der Waals surface area (Å²) in [5.41, 5.74) is 0.490. The quantitative estimate of drug-likeness (QED) is 0.841. The summed E-state index contributed by atoms with van der Waals surface area (Å²) in [7, 11) is 0. The van der Waals surface area contributed by atoms with Crippen molar-refractivity contribution in [3.8, 4) is 0 Å². The molecule has 1 atom stereocenters. The highest BCUT2D eigenvalue weighted by molar-refractivity contribution is 6.30. The molecule has 1 aliphatic heterocycles. The molecule has 3 nitrogen and oxygen atoms in total. The fourth-order valence-electron chi connectivity index (χ4n) is 2.54. The van der Waals surface area contributed by atoms with Crippen LogP contribution in [0.1, 0.15) is 37.2 Å². The molecule has 0 unspecified atom stereocenters. The second kappa shape index (κ2) is 5.70. The molecule has 1 fully saturated rings. The average molecular weight is 267 g/mol. The summed E-state index contributed by atoms with van der Waals surface area (Å²) < 4.78 is 0. The van der Waals surface area contributed by atoms with E-state index >= 15 is 0 Å². The first kappa shape index (κ1) is 13.3. The van der Waals surface area contributed by atoms with Crippen LogP contribution in [0, 0.1) is 11.8 Å². The molecule has 1 aliphatic rings. The van der Waals surface area contributed by atoms with E-state index in [1.54, 1.807) is 12.1 Å². The Hall–Kier alpha value is -1.09. The first-order valence-corrected chi connectivity index (χ1v) is 6.85. The number of rotatable bonds is 3. The molecule has 0 N–H and O–H groups in total. The van der Waals surface area contributed by atoms with Crippen molar-refractivity contribution < 1.29 is 4.79 Å². The van der Waals surface area contributed by atoms with E-state index in [1.165, 1.54) is 12.6 Å². The van der Waals surface area contributed by atoms with Gasteiger partial charge in [0, 0.05) is 19.3 Å². The fourth-order valence-corrected chi connectivity index (χ4v) is 2.65. The normalized spacial score (nSPS) is 19.6. The van der Waals surface area contributed by atoms with Crippen LogP contribution in [0.3, 0.4) is 0 Å². The lowest BCUT2D eigenvalue weighted by Crippen LogP contribution is -2.29. The Bertz CT molecular complexity index is 416. The molecule has 0 radical (unpaired) electrons. The number of hydrogen-bond donors (Lipinski definition) is 0. The summed E-state index contributed by atoms with van der Waals surface area (Å²) in [6.45, 7) is 6.16. The molecule has 1 aromatic rings. The van der Waals surface area contributed by atoms with Crippen LogP contribution in [-0.4, -0.2) is 28.9 Å². The van der Waals surface area contributed by atoms with Crippen LogP contribution < -0.4 is 0 Å². The third-order valence-corrected chi connectivity index (χ3v) is 3.55. The molecule has 0 spiro atoms. The lowest BCUT2D eigenvalue weighted by molar-refractivity contribution is 0.0780. The predicted molar refractivity (Wildman–Crippen MR) is 72.7 cm³/mol. The van der Waals surface area contributed by atoms with Crippen LogP contribution in [0.15, 0.2) is 18.3 Å². The molecular weight excluding hydrogens is 248 g/mol. The van der Waals surface area contributed by atoms with E-state index in [9.17, 15) is 4.79 Å². The van der Waals surface area contributed by atoms with Crippen molar-refractivity contribution in [3.05, 3.63) is 29.0 Å². The maximum Gasteiger partial charge on any atom is 0.272 e. The third kappa shape index (κ3) is 3.22. The first-order chi connectivity index (χ1) is 8.56. The maximum absolute atomic E-state index is 12.2. The minimum Gasteiger partial charge on any atom is -0.337 e. The zero-order valence-electron chi connectivity index (χ0n) is 10.9. The SMILES string of the molecule is CC(C)C[C@H]1CCN(C(=O)c2ccc(Cl)cn2)C1. The van der Waals surface area contributed by atoms with Crippen LogP contribution in [0.2, 0.25) is 5.02 Å². The van der Waals surface area contributed by atoms with Crippen molar-refractivity contribution in [2.24, 2.45) is 11.8 Å². The topological polar surface area (TPSA) is 33.2 Å². The number of likely N-dealkylation sites (tertiary alicyclic amines) is 1. The van der Waals surface area contributed by atoms with Crippen molar-refractivity contribution in [2.75, 3.05) is 13.1 Å². The van der Waals surface area contributed by atoms with Gasteiger partial charge in [-0.1, -0.05) is 25.4 Å². The maximum atomic E-state index is 12.2. The van der Waals surface area contributed by atoms with Crippen LogP contribution in [0.25, 0.3) is 0 Å². The summed E-state index contributed by atoms with van der Waals surface area (Å²) in [4.78, 5) is 18.2. The van der Waals surface area contributed by atoms with Crippen molar-refractivity contribution in [3.63, 3.8) is 0 Å². The van der Waals surface area contributed by atoms with E-state index < -0.39 is 0 Å². The van der Waals surface area contributed by atoms with Crippen LogP contribution in [0.5, 0.6) is 0 Å². The summed E-state index contributed by atoms with van der Waals surface area (Å²) in [6.07, 6.45) is 3.83. The first-order valence-electron chi connectivity index (χ1n) is 6.47. The molecule has 0 aromatic carbocycles. The van der Waals surface area contributed by atoms with Gasteiger partial charge in [0.05, 0.1) is 5.02 Å². The van der Waals surface area contributed by atoms with Gasteiger partial charge in [-0.2, -0.15) is 0 Å². The molecule has 0 saturated carbocycles. The van der Waals surface area contributed by atoms with Crippen molar-refractivity contribution in [1.82, 2.24) is 9.88 Å². The van der Waals surface area contributed by atoms with E-state index in [2.05, 4.69) is 18.8 Å². The largest absolute Gasteiger partial charge is 0.337 e. The number of carbonyl (C=O) groups excluding carboxylic acids is 1. The lowest BCUT2D eigenvalue weighted by Gasteiger charge is -2.16. The molecule has 18 heavy (non-hydrogen) atoms. The lowest BCUT2D eigenvalue weighted by atomic mass is 9.97. The molecule has 0 aliphatic carbocycles. The van der Waals surface area contributed by atoms with Gasteiger partial charge >= 0.3 is 0 Å². The van der Waals surface area contributed by atoms with Gasteiger partial charge in [0.1, 0.15) is 5.69 Å². The van der Waals surface area contributed by atoms with Gasteiger partial charge in [0.2, 0.25) is 0 Å². The zero-order chi connectivity index (χ0) is 13.1. The zero-order valence-corrected chi connectivity index (χ0v) is 11.7. The Morgan fingerprint density at radius 2 is 2.33 bits per heavy atom. The average Bonchev–Trinajstić information content (AvgIpc) is 2.76. The van der Waals surface area contributed by atoms with E-state index in [-0.39, 0.29) is 5.91 Å². The third-order valence-electron chi connectivity index (χ3n) is 3.32. The van der Waals surface area contributed by atoms with Gasteiger partial charge in [-0.25, -0.2) is 4.98 Å². The van der Waals surface area contributed by atoms with Crippen LogP contribution >= 0.6 is 11.6 Å². The minimum atomic E-state index is 0.0259. The number of aromatic nitrogens is 1. The Balaban J connectivity index is 1.97. The molecule has 1 aromatic heterocycles. The number of amides is 1. The Kier molecular flexibility index (Phi) is 4.23. The number of carbonyl (C=O) groups is 1. The van der Waals surface area contributed by atoms with Gasteiger partial charge in [0.15, 0.2) is 0 Å². The summed E-state index contributed by atoms with van der Waals surface area (Å²) in [6, 6.07) is 3.41. The van der Waals surface area contributed by atoms with Gasteiger partial charge in [-0.05, 0) is 36.8 Å². The molecule has 2 heterocycles. The van der Waals surface area contributed by atoms with Crippen molar-refractivity contribution in [1.29, 1.82) is 0 Å². The fraction of sp³-hybridized carbons (Fsp3) is 0.571. The van der Waals surface area contributed by atoms with Gasteiger partial charge in [-0.3, -0.25) is 4.79 Å². The standard InChI is InChI=1S/C14H19ClN2O/c1-10(2)7-11-5-6-17(9-11)14(18)13-4-3-12(15)8-16-13/h3-4,8,10-11H,5-7,9H2,1-2H3/t11-/m1/s1. The molecule has 1 saturated heterocycles. The smallest absolute Gasteiger partial charge is 0.272 e. The number of nitrogens with zero attached hydrogens (tertiary/aromatic N) is 2. The van der Waals surface area contributed by atoms with Crippen molar-refractivity contribution >= 4 is 17.5 Å². The number of pyridine rings is 1. The van der Waals surface area contributed by atoms with Crippen molar-refractivity contribution in [2.45, 2.75) is 26.7 Å². The highest BCUT2D eigenvalue weighted by Gasteiger charge is 2.27. The van der Waals surface area contributed by atoms with E-state index in [0.717, 1.165) is 19.5 Å². The number of hydrogen-bond acceptors (Lipinski definition) is 2. The van der Waals surface area contributed by atoms with E-state index in [0.29, 0.717) is 22.6 Å². The minimum absolute atomic E-state index is 0.0259. The molecule has 2 rings (SSSR count). The predicted octanol–water partition coefficient (Wildman–Crippen LogP) is 3.24. The van der Waals surface area contributed by atoms with E-state index in [4.69, 9.17) is 11.6 Å². The summed E-state index contributed by atoms with van der Waals surface area (Å²) in [5.74, 6) is 1.36. The molecule has 0 bridgehead atoms. The second-order valence-corrected chi connectivity index (χ2v) is 5.83. The van der Waals surface area contributed by atoms with Gasteiger partial charge in [-0.15, -0.1) is 0 Å². The monoisotopic (exact) mass is 266 g/mol. The van der Waals surface area contributed by atoms with Crippen LogP contribution in [-0.2, 0) is 0 Å². The molecular formula is C14H19ClN2O. The van der Waals surface area contributed by atoms with Crippen LogP contribution in [0.4, 0.5) is 0 Å². The summed E-state index contributed by atoms with van der Waals surface area (Å²) >= 11 is 5.77. The molecule has 1 amide bonds.